The Morgan fingerprint density at radius 2 is 1.79 bits per heavy atom. The summed E-state index contributed by atoms with van der Waals surface area (Å²) in [4.78, 5) is 25.0. The molecule has 3 heterocycles. The summed E-state index contributed by atoms with van der Waals surface area (Å²) in [5.41, 5.74) is 0.422. The van der Waals surface area contributed by atoms with Gasteiger partial charge in [-0.25, -0.2) is 0 Å². The third-order valence-corrected chi connectivity index (χ3v) is 5.21. The van der Waals surface area contributed by atoms with E-state index in [4.69, 9.17) is 25.5 Å². The summed E-state index contributed by atoms with van der Waals surface area (Å²) >= 11 is 7.40. The number of rotatable bonds is 4. The molecule has 2 aromatic heterocycles. The van der Waals surface area contributed by atoms with Gasteiger partial charge >= 0.3 is 0 Å². The van der Waals surface area contributed by atoms with Crippen LogP contribution in [0.3, 0.4) is 0 Å². The first-order chi connectivity index (χ1) is 13.6. The molecule has 2 amide bonds. The molecule has 1 aliphatic rings. The van der Waals surface area contributed by atoms with E-state index in [0.717, 1.165) is 17.8 Å². The maximum atomic E-state index is 12.6. The SMILES string of the molecule is O=C(Nc1ccc(C(=O)Nc2cc3c(cc2Cl)OCCCO3)s1)c1ccco1. The molecule has 0 saturated carbocycles. The van der Waals surface area contributed by atoms with Crippen LogP contribution in [-0.2, 0) is 0 Å². The third kappa shape index (κ3) is 3.97. The summed E-state index contributed by atoms with van der Waals surface area (Å²) in [6, 6.07) is 9.73. The van der Waals surface area contributed by atoms with Crippen LogP contribution in [0.15, 0.2) is 47.1 Å². The predicted octanol–water partition coefficient (Wildman–Crippen LogP) is 4.66. The molecule has 2 N–H and O–H groups in total. The molecule has 3 aromatic rings. The zero-order chi connectivity index (χ0) is 19.5. The topological polar surface area (TPSA) is 89.8 Å². The molecule has 0 spiro atoms. The maximum absolute atomic E-state index is 12.6. The van der Waals surface area contributed by atoms with Crippen molar-refractivity contribution in [1.82, 2.24) is 0 Å². The van der Waals surface area contributed by atoms with Crippen molar-refractivity contribution < 1.29 is 23.5 Å². The minimum Gasteiger partial charge on any atom is -0.490 e. The van der Waals surface area contributed by atoms with Crippen LogP contribution in [0.1, 0.15) is 26.6 Å². The molecular formula is C19H15ClN2O5S. The van der Waals surface area contributed by atoms with Crippen LogP contribution in [0.2, 0.25) is 5.02 Å². The van der Waals surface area contributed by atoms with Gasteiger partial charge in [0.1, 0.15) is 0 Å². The number of nitrogens with one attached hydrogen (secondary N) is 2. The molecule has 0 fully saturated rings. The molecular weight excluding hydrogens is 404 g/mol. The number of hydrogen-bond acceptors (Lipinski definition) is 6. The van der Waals surface area contributed by atoms with E-state index in [2.05, 4.69) is 10.6 Å². The molecule has 28 heavy (non-hydrogen) atoms. The average molecular weight is 419 g/mol. The second kappa shape index (κ2) is 7.95. The molecule has 0 atom stereocenters. The van der Waals surface area contributed by atoms with Crippen LogP contribution in [0.4, 0.5) is 10.7 Å². The van der Waals surface area contributed by atoms with Crippen LogP contribution in [0.5, 0.6) is 11.5 Å². The van der Waals surface area contributed by atoms with Crippen LogP contribution in [-0.4, -0.2) is 25.0 Å². The van der Waals surface area contributed by atoms with E-state index in [-0.39, 0.29) is 17.6 Å². The van der Waals surface area contributed by atoms with Crippen molar-refractivity contribution in [2.45, 2.75) is 6.42 Å². The van der Waals surface area contributed by atoms with Gasteiger partial charge in [0.25, 0.3) is 11.8 Å². The van der Waals surface area contributed by atoms with Crippen molar-refractivity contribution in [3.63, 3.8) is 0 Å². The number of furan rings is 1. The minimum atomic E-state index is -0.384. The zero-order valence-corrected chi connectivity index (χ0v) is 16.1. The smallest absolute Gasteiger partial charge is 0.291 e. The fourth-order valence-electron chi connectivity index (χ4n) is 2.57. The number of thiophene rings is 1. The Hall–Kier alpha value is -2.97. The number of amides is 2. The largest absolute Gasteiger partial charge is 0.490 e. The Balaban J connectivity index is 1.46. The van der Waals surface area contributed by atoms with Crippen molar-refractivity contribution in [3.8, 4) is 11.5 Å². The zero-order valence-electron chi connectivity index (χ0n) is 14.5. The van der Waals surface area contributed by atoms with Gasteiger partial charge in [0.2, 0.25) is 0 Å². The Labute approximate surface area is 169 Å². The molecule has 0 aliphatic carbocycles. The predicted molar refractivity (Wildman–Crippen MR) is 106 cm³/mol. The normalized spacial score (nSPS) is 12.9. The van der Waals surface area contributed by atoms with Gasteiger partial charge < -0.3 is 24.5 Å². The Morgan fingerprint density at radius 1 is 1.00 bits per heavy atom. The number of carbonyl (C=O) groups excluding carboxylic acids is 2. The summed E-state index contributed by atoms with van der Waals surface area (Å²) < 4.78 is 16.2. The fourth-order valence-corrected chi connectivity index (χ4v) is 3.57. The lowest BCUT2D eigenvalue weighted by Crippen LogP contribution is -2.11. The standard InChI is InChI=1S/C19H15ClN2O5S/c20-11-9-14-15(27-8-2-7-26-14)10-12(11)21-19(24)16-4-5-17(28-16)22-18(23)13-3-1-6-25-13/h1,3-6,9-10H,2,7-8H2,(H,21,24)(H,22,23). The average Bonchev–Trinajstić information content (AvgIpc) is 3.32. The Kier molecular flexibility index (Phi) is 5.23. The Bertz CT molecular complexity index is 1020. The minimum absolute atomic E-state index is 0.193. The summed E-state index contributed by atoms with van der Waals surface area (Å²) in [5.74, 6) is 0.553. The summed E-state index contributed by atoms with van der Waals surface area (Å²) in [5, 5.41) is 6.32. The molecule has 0 saturated heterocycles. The van der Waals surface area contributed by atoms with Crippen molar-refractivity contribution in [1.29, 1.82) is 0 Å². The third-order valence-electron chi connectivity index (χ3n) is 3.90. The number of anilines is 2. The highest BCUT2D eigenvalue weighted by atomic mass is 35.5. The number of benzene rings is 1. The van der Waals surface area contributed by atoms with Gasteiger partial charge in [-0.1, -0.05) is 11.6 Å². The van der Waals surface area contributed by atoms with E-state index in [1.165, 1.54) is 6.26 Å². The van der Waals surface area contributed by atoms with Gasteiger partial charge in [-0.05, 0) is 24.3 Å². The number of carbonyl (C=O) groups is 2. The number of hydrogen-bond donors (Lipinski definition) is 2. The second-order valence-corrected chi connectivity index (χ2v) is 7.37. The maximum Gasteiger partial charge on any atom is 0.291 e. The first-order valence-corrected chi connectivity index (χ1v) is 9.65. The lowest BCUT2D eigenvalue weighted by atomic mass is 10.2. The molecule has 144 valence electrons. The van der Waals surface area contributed by atoms with E-state index < -0.39 is 0 Å². The molecule has 9 heteroatoms. The van der Waals surface area contributed by atoms with Crippen LogP contribution < -0.4 is 20.1 Å². The number of fused-ring (bicyclic) bond motifs is 1. The van der Waals surface area contributed by atoms with Crippen molar-refractivity contribution in [3.05, 3.63) is 58.3 Å². The molecule has 1 aliphatic heterocycles. The first-order valence-electron chi connectivity index (χ1n) is 8.45. The molecule has 4 rings (SSSR count). The summed E-state index contributed by atoms with van der Waals surface area (Å²) in [6.07, 6.45) is 2.19. The van der Waals surface area contributed by atoms with Gasteiger partial charge in [0, 0.05) is 18.6 Å². The Morgan fingerprint density at radius 3 is 2.54 bits per heavy atom. The van der Waals surface area contributed by atoms with Crippen LogP contribution >= 0.6 is 22.9 Å². The van der Waals surface area contributed by atoms with E-state index in [0.29, 0.717) is 45.3 Å². The van der Waals surface area contributed by atoms with Gasteiger partial charge in [-0.15, -0.1) is 11.3 Å². The van der Waals surface area contributed by atoms with Crippen molar-refractivity contribution in [2.24, 2.45) is 0 Å². The summed E-state index contributed by atoms with van der Waals surface area (Å²) in [6.45, 7) is 1.09. The lowest BCUT2D eigenvalue weighted by molar-refractivity contribution is 0.0995. The molecule has 1 aromatic carbocycles. The van der Waals surface area contributed by atoms with E-state index >= 15 is 0 Å². The van der Waals surface area contributed by atoms with Gasteiger partial charge in [0.05, 0.1) is 40.1 Å². The molecule has 0 bridgehead atoms. The van der Waals surface area contributed by atoms with Crippen LogP contribution in [0, 0.1) is 0 Å². The van der Waals surface area contributed by atoms with Gasteiger partial charge in [-0.2, -0.15) is 0 Å². The van der Waals surface area contributed by atoms with Gasteiger partial charge in [-0.3, -0.25) is 9.59 Å². The second-order valence-electron chi connectivity index (χ2n) is 5.88. The lowest BCUT2D eigenvalue weighted by Gasteiger charge is -2.12. The van der Waals surface area contributed by atoms with E-state index in [1.807, 2.05) is 0 Å². The van der Waals surface area contributed by atoms with E-state index in [9.17, 15) is 9.59 Å². The quantitative estimate of drug-likeness (QED) is 0.643. The highest BCUT2D eigenvalue weighted by Gasteiger charge is 2.18. The highest BCUT2D eigenvalue weighted by molar-refractivity contribution is 7.18. The highest BCUT2D eigenvalue weighted by Crippen LogP contribution is 2.38. The number of ether oxygens (including phenoxy) is 2. The summed E-state index contributed by atoms with van der Waals surface area (Å²) in [7, 11) is 0. The first kappa shape index (κ1) is 18.4. The van der Waals surface area contributed by atoms with E-state index in [1.54, 1.807) is 36.4 Å². The molecule has 7 nitrogen and oxygen atoms in total. The number of halogens is 1. The monoisotopic (exact) mass is 418 g/mol. The fraction of sp³-hybridized carbons (Fsp3) is 0.158. The molecule has 0 radical (unpaired) electrons. The van der Waals surface area contributed by atoms with Crippen molar-refractivity contribution >= 4 is 45.4 Å². The molecule has 0 unspecified atom stereocenters. The van der Waals surface area contributed by atoms with Crippen LogP contribution in [0.25, 0.3) is 0 Å². The van der Waals surface area contributed by atoms with Gasteiger partial charge in [0.15, 0.2) is 17.3 Å². The van der Waals surface area contributed by atoms with Crippen molar-refractivity contribution in [2.75, 3.05) is 23.8 Å².